The molecule has 1 aromatic heterocycles. The molecule has 0 unspecified atom stereocenters. The minimum atomic E-state index is -3.81. The first-order chi connectivity index (χ1) is 9.97. The van der Waals surface area contributed by atoms with Gasteiger partial charge in [-0.1, -0.05) is 0 Å². The van der Waals surface area contributed by atoms with E-state index >= 15 is 0 Å². The van der Waals surface area contributed by atoms with E-state index in [1.165, 1.54) is 18.4 Å². The number of hydrogen-bond acceptors (Lipinski definition) is 6. The van der Waals surface area contributed by atoms with E-state index < -0.39 is 21.7 Å². The van der Waals surface area contributed by atoms with Crippen LogP contribution in [0.5, 0.6) is 0 Å². The second kappa shape index (κ2) is 5.64. The number of carbonyl (C=O) groups is 1. The van der Waals surface area contributed by atoms with E-state index in [-0.39, 0.29) is 10.3 Å². The number of nitrogens with one attached hydrogen (secondary N) is 1. The minimum absolute atomic E-state index is 0.131. The number of rotatable bonds is 5. The Morgan fingerprint density at radius 2 is 2.00 bits per heavy atom. The van der Waals surface area contributed by atoms with Crippen LogP contribution < -0.4 is 4.72 Å². The molecule has 0 amide bonds. The summed E-state index contributed by atoms with van der Waals surface area (Å²) in [5, 5.41) is 8.97. The topological polar surface area (TPSA) is 99.6 Å². The molecular weight excluding hydrogens is 314 g/mol. The Balaban J connectivity index is 1.66. The van der Waals surface area contributed by atoms with Crippen molar-refractivity contribution in [1.82, 2.24) is 14.6 Å². The van der Waals surface area contributed by atoms with Gasteiger partial charge in [-0.25, -0.2) is 22.9 Å². The second-order valence-electron chi connectivity index (χ2n) is 5.46. The molecule has 7 nitrogen and oxygen atoms in total. The van der Waals surface area contributed by atoms with Gasteiger partial charge in [-0.3, -0.25) is 0 Å². The predicted molar refractivity (Wildman–Crippen MR) is 77.0 cm³/mol. The van der Waals surface area contributed by atoms with Crippen molar-refractivity contribution in [1.29, 1.82) is 0 Å². The molecule has 0 bridgehead atoms. The first kappa shape index (κ1) is 14.9. The Labute approximate surface area is 127 Å². The number of carboxylic acids is 1. The average Bonchev–Trinajstić information content (AvgIpc) is 3.14. The van der Waals surface area contributed by atoms with E-state index in [0.717, 1.165) is 37.3 Å². The third-order valence-electron chi connectivity index (χ3n) is 3.90. The van der Waals surface area contributed by atoms with Crippen LogP contribution in [0.15, 0.2) is 9.72 Å². The first-order valence-electron chi connectivity index (χ1n) is 6.90. The number of nitrogens with zero attached hydrogens (tertiary/aromatic N) is 2. The quantitative estimate of drug-likeness (QED) is 0.826. The Hall–Kier alpha value is -1.03. The van der Waals surface area contributed by atoms with Gasteiger partial charge in [0, 0.05) is 12.1 Å². The zero-order valence-corrected chi connectivity index (χ0v) is 13.0. The van der Waals surface area contributed by atoms with Crippen molar-refractivity contribution in [2.24, 2.45) is 0 Å². The van der Waals surface area contributed by atoms with Crippen LogP contribution >= 0.6 is 11.3 Å². The molecule has 2 fully saturated rings. The highest BCUT2D eigenvalue weighted by Crippen LogP contribution is 2.30. The van der Waals surface area contributed by atoms with Gasteiger partial charge in [-0.15, -0.1) is 11.3 Å². The molecule has 0 radical (unpaired) electrons. The van der Waals surface area contributed by atoms with E-state index in [1.807, 2.05) is 0 Å². The van der Waals surface area contributed by atoms with Crippen molar-refractivity contribution in [3.8, 4) is 0 Å². The Bertz CT molecular complexity index is 631. The number of thiazole rings is 1. The molecule has 3 rings (SSSR count). The fourth-order valence-electron chi connectivity index (χ4n) is 2.66. The van der Waals surface area contributed by atoms with Crippen LogP contribution in [-0.2, 0) is 10.0 Å². The number of sulfonamides is 1. The largest absolute Gasteiger partial charge is 0.476 e. The molecule has 1 saturated heterocycles. The van der Waals surface area contributed by atoms with Gasteiger partial charge in [0.2, 0.25) is 0 Å². The molecule has 2 N–H and O–H groups in total. The number of hydrogen-bond donors (Lipinski definition) is 2. The fourth-order valence-corrected chi connectivity index (χ4v) is 5.13. The summed E-state index contributed by atoms with van der Waals surface area (Å²) in [6.07, 6.45) is 4.02. The third-order valence-corrected chi connectivity index (χ3v) is 6.79. The summed E-state index contributed by atoms with van der Waals surface area (Å²) in [6, 6.07) is 0.566. The van der Waals surface area contributed by atoms with E-state index in [4.69, 9.17) is 5.11 Å². The highest BCUT2D eigenvalue weighted by molar-refractivity contribution is 7.91. The molecule has 1 aliphatic carbocycles. The molecule has 2 heterocycles. The molecule has 1 saturated carbocycles. The van der Waals surface area contributed by atoms with Gasteiger partial charge >= 0.3 is 5.97 Å². The normalized spacial score (nSPS) is 21.5. The van der Waals surface area contributed by atoms with E-state index in [2.05, 4.69) is 14.6 Å². The number of carboxylic acid groups (broad SMARTS) is 1. The highest BCUT2D eigenvalue weighted by atomic mass is 32.2. The second-order valence-corrected chi connectivity index (χ2v) is 8.22. The lowest BCUT2D eigenvalue weighted by Crippen LogP contribution is -2.45. The molecule has 0 atom stereocenters. The molecule has 21 heavy (non-hydrogen) atoms. The van der Waals surface area contributed by atoms with Gasteiger partial charge in [-0.05, 0) is 38.8 Å². The van der Waals surface area contributed by atoms with Crippen molar-refractivity contribution in [3.63, 3.8) is 0 Å². The smallest absolute Gasteiger partial charge is 0.356 e. The lowest BCUT2D eigenvalue weighted by Gasteiger charge is -2.32. The number of aromatic carboxylic acids is 1. The van der Waals surface area contributed by atoms with Gasteiger partial charge in [-0.2, -0.15) is 0 Å². The molecular formula is C12H17N3O4S2. The maximum absolute atomic E-state index is 12.3. The summed E-state index contributed by atoms with van der Waals surface area (Å²) < 4.78 is 27.0. The highest BCUT2D eigenvalue weighted by Gasteiger charge is 2.34. The molecule has 9 heteroatoms. The number of aromatic nitrogens is 1. The summed E-state index contributed by atoms with van der Waals surface area (Å²) in [5.74, 6) is -1.32. The molecule has 1 aliphatic heterocycles. The van der Waals surface area contributed by atoms with Gasteiger partial charge in [0.1, 0.15) is 0 Å². The van der Waals surface area contributed by atoms with Crippen LogP contribution in [0, 0.1) is 0 Å². The van der Waals surface area contributed by atoms with Crippen molar-refractivity contribution in [2.45, 2.75) is 42.0 Å². The zero-order valence-electron chi connectivity index (χ0n) is 11.4. The Kier molecular flexibility index (Phi) is 4.00. The fraction of sp³-hybridized carbons (Fsp3) is 0.667. The molecule has 2 aliphatic rings. The monoisotopic (exact) mass is 331 g/mol. The van der Waals surface area contributed by atoms with Crippen LogP contribution in [0.4, 0.5) is 0 Å². The van der Waals surface area contributed by atoms with Crippen LogP contribution in [-0.4, -0.2) is 54.6 Å². The maximum atomic E-state index is 12.3. The minimum Gasteiger partial charge on any atom is -0.476 e. The van der Waals surface area contributed by atoms with Crippen LogP contribution in [0.2, 0.25) is 0 Å². The van der Waals surface area contributed by atoms with Crippen molar-refractivity contribution < 1.29 is 18.3 Å². The summed E-state index contributed by atoms with van der Waals surface area (Å²) in [7, 11) is -3.81. The van der Waals surface area contributed by atoms with Gasteiger partial charge < -0.3 is 10.0 Å². The Morgan fingerprint density at radius 1 is 1.33 bits per heavy atom. The van der Waals surface area contributed by atoms with Gasteiger partial charge in [0.25, 0.3) is 10.0 Å². The van der Waals surface area contributed by atoms with E-state index in [0.29, 0.717) is 6.04 Å². The van der Waals surface area contributed by atoms with Gasteiger partial charge in [0.05, 0.1) is 5.51 Å². The van der Waals surface area contributed by atoms with Crippen LogP contribution in [0.1, 0.15) is 36.2 Å². The van der Waals surface area contributed by atoms with E-state index in [1.54, 1.807) is 0 Å². The lowest BCUT2D eigenvalue weighted by atomic mass is 10.1. The summed E-state index contributed by atoms with van der Waals surface area (Å²) in [5.41, 5.74) is 0.844. The summed E-state index contributed by atoms with van der Waals surface area (Å²) in [6.45, 7) is 1.79. The SMILES string of the molecule is O=C(O)c1ncsc1S(=O)(=O)NC1CCN(C2CC2)CC1. The zero-order chi connectivity index (χ0) is 15.0. The third kappa shape index (κ3) is 3.25. The molecule has 1 aromatic rings. The summed E-state index contributed by atoms with van der Waals surface area (Å²) >= 11 is 0.836. The van der Waals surface area contributed by atoms with Crippen molar-refractivity contribution >= 4 is 27.3 Å². The number of likely N-dealkylation sites (tertiary alicyclic amines) is 1. The maximum Gasteiger partial charge on any atom is 0.356 e. The summed E-state index contributed by atoms with van der Waals surface area (Å²) in [4.78, 5) is 17.0. The van der Waals surface area contributed by atoms with Gasteiger partial charge in [0.15, 0.2) is 9.90 Å². The first-order valence-corrected chi connectivity index (χ1v) is 9.27. The van der Waals surface area contributed by atoms with Crippen molar-refractivity contribution in [2.75, 3.05) is 13.1 Å². The molecule has 0 spiro atoms. The standard InChI is InChI=1S/C12H17N3O4S2/c16-11(17)10-12(20-7-13-10)21(18,19)14-8-3-5-15(6-4-8)9-1-2-9/h7-9,14H,1-6H2,(H,16,17). The van der Waals surface area contributed by atoms with E-state index in [9.17, 15) is 13.2 Å². The molecule has 0 aromatic carbocycles. The Morgan fingerprint density at radius 3 is 2.57 bits per heavy atom. The van der Waals surface area contributed by atoms with Crippen LogP contribution in [0.3, 0.4) is 0 Å². The number of piperidine rings is 1. The average molecular weight is 331 g/mol. The van der Waals surface area contributed by atoms with Crippen molar-refractivity contribution in [3.05, 3.63) is 11.2 Å². The van der Waals surface area contributed by atoms with Crippen LogP contribution in [0.25, 0.3) is 0 Å². The lowest BCUT2D eigenvalue weighted by molar-refractivity contribution is 0.0687. The predicted octanol–water partition coefficient (Wildman–Crippen LogP) is 0.746. The molecule has 116 valence electrons.